The highest BCUT2D eigenvalue weighted by Crippen LogP contribution is 2.11. The van der Waals surface area contributed by atoms with Crippen molar-refractivity contribution >= 4 is 15.9 Å². The number of nitrogens with zero attached hydrogens (tertiary/aromatic N) is 1. The van der Waals surface area contributed by atoms with E-state index in [1.807, 2.05) is 51.1 Å². The summed E-state index contributed by atoms with van der Waals surface area (Å²) >= 11 is 0. The molecule has 0 aliphatic carbocycles. The van der Waals surface area contributed by atoms with Crippen LogP contribution >= 0.6 is 0 Å². The number of hydrogen-bond donors (Lipinski definition) is 1. The minimum Gasteiger partial charge on any atom is -0.354 e. The Bertz CT molecular complexity index is 562. The summed E-state index contributed by atoms with van der Waals surface area (Å²) in [6.07, 6.45) is 1.12. The minimum atomic E-state index is -3.44. The highest BCUT2D eigenvalue weighted by Gasteiger charge is 2.21. The smallest absolute Gasteiger partial charge is 0.235 e. The van der Waals surface area contributed by atoms with Gasteiger partial charge in [-0.3, -0.25) is 4.79 Å². The molecule has 0 unspecified atom stereocenters. The molecular weight excluding hydrogens is 288 g/mol. The molecule has 0 aliphatic heterocycles. The van der Waals surface area contributed by atoms with Crippen LogP contribution in [0.5, 0.6) is 0 Å². The molecule has 0 saturated carbocycles. The first kappa shape index (κ1) is 17.7. The van der Waals surface area contributed by atoms with E-state index in [-0.39, 0.29) is 24.4 Å². The van der Waals surface area contributed by atoms with Crippen molar-refractivity contribution in [2.45, 2.75) is 27.3 Å². The molecule has 1 N–H and O–H groups in total. The third-order valence-electron chi connectivity index (χ3n) is 2.81. The Labute approximate surface area is 127 Å². The lowest BCUT2D eigenvalue weighted by Crippen LogP contribution is -2.42. The number of rotatable bonds is 6. The molecule has 0 heterocycles. The second-order valence-electron chi connectivity index (χ2n) is 6.35. The number of sulfonamides is 1. The van der Waals surface area contributed by atoms with Gasteiger partial charge in [0.15, 0.2) is 0 Å². The lowest BCUT2D eigenvalue weighted by Gasteiger charge is -2.22. The lowest BCUT2D eigenvalue weighted by atomic mass is 9.97. The second kappa shape index (κ2) is 7.04. The van der Waals surface area contributed by atoms with Crippen molar-refractivity contribution < 1.29 is 13.2 Å². The average Bonchev–Trinajstić information content (AvgIpc) is 2.35. The van der Waals surface area contributed by atoms with Crippen LogP contribution in [0.25, 0.3) is 0 Å². The maximum absolute atomic E-state index is 11.9. The molecule has 1 rings (SSSR count). The van der Waals surface area contributed by atoms with Gasteiger partial charge in [0.2, 0.25) is 15.9 Å². The number of nitrogens with one attached hydrogen (secondary N) is 1. The zero-order chi connectivity index (χ0) is 16.1. The van der Waals surface area contributed by atoms with Crippen molar-refractivity contribution in [1.82, 2.24) is 9.62 Å². The summed E-state index contributed by atoms with van der Waals surface area (Å²) in [4.78, 5) is 11.9. The molecule has 1 aromatic carbocycles. The van der Waals surface area contributed by atoms with Crippen LogP contribution in [0.2, 0.25) is 0 Å². The molecule has 6 heteroatoms. The van der Waals surface area contributed by atoms with Crippen molar-refractivity contribution in [3.05, 3.63) is 35.9 Å². The van der Waals surface area contributed by atoms with E-state index in [0.717, 1.165) is 11.8 Å². The van der Waals surface area contributed by atoms with Crippen LogP contribution < -0.4 is 5.32 Å². The van der Waals surface area contributed by atoms with E-state index in [9.17, 15) is 13.2 Å². The number of amides is 1. The van der Waals surface area contributed by atoms with Crippen LogP contribution in [0.3, 0.4) is 0 Å². The summed E-state index contributed by atoms with van der Waals surface area (Å²) in [6.45, 7) is 6.56. The van der Waals surface area contributed by atoms with Crippen LogP contribution in [0.4, 0.5) is 0 Å². The van der Waals surface area contributed by atoms with Crippen LogP contribution in [0.15, 0.2) is 30.3 Å². The minimum absolute atomic E-state index is 0.0367. The first-order valence-corrected chi connectivity index (χ1v) is 8.68. The number of hydrogen-bond acceptors (Lipinski definition) is 3. The summed E-state index contributed by atoms with van der Waals surface area (Å²) in [6, 6.07) is 9.23. The average molecular weight is 312 g/mol. The van der Waals surface area contributed by atoms with Gasteiger partial charge in [-0.1, -0.05) is 51.1 Å². The molecule has 1 amide bonds. The van der Waals surface area contributed by atoms with E-state index < -0.39 is 10.0 Å². The monoisotopic (exact) mass is 312 g/mol. The first-order valence-electron chi connectivity index (χ1n) is 6.84. The predicted octanol–water partition coefficient (Wildman–Crippen LogP) is 1.61. The van der Waals surface area contributed by atoms with E-state index in [1.54, 1.807) is 0 Å². The molecule has 5 nitrogen and oxygen atoms in total. The van der Waals surface area contributed by atoms with Gasteiger partial charge in [-0.15, -0.1) is 0 Å². The van der Waals surface area contributed by atoms with E-state index in [1.165, 1.54) is 4.31 Å². The molecule has 0 aliphatic rings. The SMILES string of the molecule is CC(C)(C)CNC(=O)CN(Cc1ccccc1)S(C)(=O)=O. The highest BCUT2D eigenvalue weighted by atomic mass is 32.2. The Hall–Kier alpha value is -1.40. The van der Waals surface area contributed by atoms with Gasteiger partial charge < -0.3 is 5.32 Å². The summed E-state index contributed by atoms with van der Waals surface area (Å²) in [5, 5.41) is 2.77. The van der Waals surface area contributed by atoms with E-state index in [4.69, 9.17) is 0 Å². The molecule has 118 valence electrons. The molecule has 0 fully saturated rings. The number of carbonyl (C=O) groups excluding carboxylic acids is 1. The lowest BCUT2D eigenvalue weighted by molar-refractivity contribution is -0.121. The Kier molecular flexibility index (Phi) is 5.92. The standard InChI is InChI=1S/C15H24N2O3S/c1-15(2,3)12-16-14(18)11-17(21(4,19)20)10-13-8-6-5-7-9-13/h5-9H,10-12H2,1-4H3,(H,16,18). The Morgan fingerprint density at radius 2 is 1.76 bits per heavy atom. The Morgan fingerprint density at radius 1 is 1.19 bits per heavy atom. The topological polar surface area (TPSA) is 66.5 Å². The summed E-state index contributed by atoms with van der Waals surface area (Å²) < 4.78 is 24.8. The second-order valence-corrected chi connectivity index (χ2v) is 8.34. The zero-order valence-corrected chi connectivity index (χ0v) is 13.9. The van der Waals surface area contributed by atoms with Gasteiger partial charge in [-0.05, 0) is 11.0 Å². The summed E-state index contributed by atoms with van der Waals surface area (Å²) in [5.41, 5.74) is 0.817. The van der Waals surface area contributed by atoms with Gasteiger partial charge in [0, 0.05) is 13.1 Å². The fraction of sp³-hybridized carbons (Fsp3) is 0.533. The molecule has 0 saturated heterocycles. The number of benzene rings is 1. The van der Waals surface area contributed by atoms with Gasteiger partial charge in [0.25, 0.3) is 0 Å². The van der Waals surface area contributed by atoms with Crippen molar-refractivity contribution in [3.63, 3.8) is 0 Å². The number of carbonyl (C=O) groups is 1. The molecular formula is C15H24N2O3S. The predicted molar refractivity (Wildman–Crippen MR) is 84.2 cm³/mol. The molecule has 0 radical (unpaired) electrons. The third kappa shape index (κ3) is 7.24. The van der Waals surface area contributed by atoms with Crippen molar-refractivity contribution in [3.8, 4) is 0 Å². The van der Waals surface area contributed by atoms with Gasteiger partial charge in [-0.25, -0.2) is 8.42 Å². The van der Waals surface area contributed by atoms with Gasteiger partial charge in [-0.2, -0.15) is 4.31 Å². The maximum atomic E-state index is 11.9. The van der Waals surface area contributed by atoms with Gasteiger partial charge >= 0.3 is 0 Å². The van der Waals surface area contributed by atoms with Crippen molar-refractivity contribution in [1.29, 1.82) is 0 Å². The zero-order valence-electron chi connectivity index (χ0n) is 13.1. The Morgan fingerprint density at radius 3 is 2.24 bits per heavy atom. The van der Waals surface area contributed by atoms with Crippen molar-refractivity contribution in [2.75, 3.05) is 19.3 Å². The van der Waals surface area contributed by atoms with E-state index in [2.05, 4.69) is 5.32 Å². The van der Waals surface area contributed by atoms with Crippen LogP contribution in [0, 0.1) is 5.41 Å². The van der Waals surface area contributed by atoms with E-state index in [0.29, 0.717) is 6.54 Å². The largest absolute Gasteiger partial charge is 0.354 e. The first-order chi connectivity index (χ1) is 9.58. The van der Waals surface area contributed by atoms with Crippen molar-refractivity contribution in [2.24, 2.45) is 5.41 Å². The fourth-order valence-electron chi connectivity index (χ4n) is 1.66. The molecule has 0 spiro atoms. The normalized spacial score (nSPS) is 12.4. The molecule has 0 bridgehead atoms. The molecule has 0 atom stereocenters. The Balaban J connectivity index is 2.70. The van der Waals surface area contributed by atoms with E-state index >= 15 is 0 Å². The highest BCUT2D eigenvalue weighted by molar-refractivity contribution is 7.88. The van der Waals surface area contributed by atoms with Crippen LogP contribution in [0.1, 0.15) is 26.3 Å². The molecule has 21 heavy (non-hydrogen) atoms. The quantitative estimate of drug-likeness (QED) is 0.868. The maximum Gasteiger partial charge on any atom is 0.235 e. The summed E-state index contributed by atoms with van der Waals surface area (Å²) in [5.74, 6) is -0.286. The van der Waals surface area contributed by atoms with Gasteiger partial charge in [0.05, 0.1) is 12.8 Å². The third-order valence-corrected chi connectivity index (χ3v) is 4.00. The fourth-order valence-corrected chi connectivity index (χ4v) is 2.39. The summed E-state index contributed by atoms with van der Waals surface area (Å²) in [7, 11) is -3.44. The van der Waals surface area contributed by atoms with Gasteiger partial charge in [0.1, 0.15) is 0 Å². The van der Waals surface area contributed by atoms with Crippen LogP contribution in [-0.2, 0) is 21.4 Å². The molecule has 1 aromatic rings. The van der Waals surface area contributed by atoms with Crippen LogP contribution in [-0.4, -0.2) is 38.0 Å². The molecule has 0 aromatic heterocycles.